The van der Waals surface area contributed by atoms with Crippen LogP contribution in [0.3, 0.4) is 0 Å². The highest BCUT2D eigenvalue weighted by atomic mass is 32.2. The van der Waals surface area contributed by atoms with Gasteiger partial charge in [0, 0.05) is 0 Å². The molecule has 1 aliphatic heterocycles. The summed E-state index contributed by atoms with van der Waals surface area (Å²) >= 11 is 6.82. The molecule has 4 aromatic rings. The number of hydrogen-bond donors (Lipinski definition) is 0. The van der Waals surface area contributed by atoms with E-state index in [9.17, 15) is 0 Å². The van der Waals surface area contributed by atoms with E-state index < -0.39 is 0 Å². The summed E-state index contributed by atoms with van der Waals surface area (Å²) in [5, 5.41) is 0. The maximum absolute atomic E-state index is 6.33. The molecule has 0 atom stereocenters. The van der Waals surface area contributed by atoms with Crippen molar-refractivity contribution in [3.63, 3.8) is 0 Å². The van der Waals surface area contributed by atoms with Gasteiger partial charge in [0.25, 0.3) is 0 Å². The van der Waals surface area contributed by atoms with Gasteiger partial charge in [0.15, 0.2) is 0 Å². The second kappa shape index (κ2) is 15.0. The Morgan fingerprint density at radius 1 is 0.288 bits per heavy atom. The van der Waals surface area contributed by atoms with Gasteiger partial charge in [-0.1, -0.05) is 130 Å². The third-order valence-electron chi connectivity index (χ3n) is 9.24. The van der Waals surface area contributed by atoms with E-state index in [2.05, 4.69) is 132 Å². The van der Waals surface area contributed by atoms with Crippen LogP contribution >= 0.6 is 47.0 Å². The molecule has 0 saturated carbocycles. The van der Waals surface area contributed by atoms with E-state index in [0.29, 0.717) is 0 Å². The molecular formula is C44H56O4S4. The average Bonchev–Trinajstić information content (AvgIpc) is 3.02. The molecule has 0 fully saturated rings. The molecule has 0 N–H and O–H groups in total. The molecule has 4 nitrogen and oxygen atoms in total. The number of fused-ring (bicyclic) bond motifs is 8. The van der Waals surface area contributed by atoms with Crippen molar-refractivity contribution < 1.29 is 18.9 Å². The molecule has 0 unspecified atom stereocenters. The Hall–Kier alpha value is -2.52. The van der Waals surface area contributed by atoms with Gasteiger partial charge in [-0.15, -0.1) is 0 Å². The van der Waals surface area contributed by atoms with Gasteiger partial charge in [-0.25, -0.2) is 0 Å². The van der Waals surface area contributed by atoms with Crippen LogP contribution in [-0.2, 0) is 21.7 Å². The van der Waals surface area contributed by atoms with E-state index in [0.717, 1.165) is 62.2 Å². The van der Waals surface area contributed by atoms with Crippen LogP contribution < -0.4 is 18.9 Å². The molecule has 8 bridgehead atoms. The van der Waals surface area contributed by atoms with Crippen molar-refractivity contribution in [2.45, 2.75) is 144 Å². The number of benzene rings is 4. The van der Waals surface area contributed by atoms with Crippen LogP contribution in [-0.4, -0.2) is 28.4 Å². The largest absolute Gasteiger partial charge is 0.494 e. The minimum absolute atomic E-state index is 0.0987. The van der Waals surface area contributed by atoms with Crippen molar-refractivity contribution in [3.8, 4) is 23.0 Å². The molecule has 8 heteroatoms. The summed E-state index contributed by atoms with van der Waals surface area (Å²) in [7, 11) is 7.10. The van der Waals surface area contributed by atoms with Crippen molar-refractivity contribution in [2.24, 2.45) is 0 Å². The molecule has 5 rings (SSSR count). The highest BCUT2D eigenvalue weighted by Gasteiger charge is 2.29. The van der Waals surface area contributed by atoms with Crippen LogP contribution in [0, 0.1) is 0 Å². The molecule has 1 heterocycles. The highest BCUT2D eigenvalue weighted by molar-refractivity contribution is 8.01. The molecule has 0 aliphatic carbocycles. The van der Waals surface area contributed by atoms with Crippen LogP contribution in [0.15, 0.2) is 87.7 Å². The molecule has 0 spiro atoms. The molecule has 0 amide bonds. The summed E-state index contributed by atoms with van der Waals surface area (Å²) in [6, 6.07) is 18.3. The van der Waals surface area contributed by atoms with E-state index in [1.807, 2.05) is 0 Å². The molecule has 0 radical (unpaired) electrons. The van der Waals surface area contributed by atoms with Gasteiger partial charge >= 0.3 is 0 Å². The third-order valence-corrected chi connectivity index (χ3v) is 13.4. The number of methoxy groups -OCH3 is 4. The quantitative estimate of drug-likeness (QED) is 0.179. The normalized spacial score (nSPS) is 13.8. The van der Waals surface area contributed by atoms with E-state index in [1.54, 1.807) is 75.5 Å². The lowest BCUT2D eigenvalue weighted by Crippen LogP contribution is -2.13. The summed E-state index contributed by atoms with van der Waals surface area (Å²) < 4.78 is 25.3. The first-order chi connectivity index (χ1) is 24.1. The summed E-state index contributed by atoms with van der Waals surface area (Å²) in [6.45, 7) is 27.2. The van der Waals surface area contributed by atoms with Crippen LogP contribution in [0.1, 0.15) is 105 Å². The molecule has 0 saturated heterocycles. The maximum atomic E-state index is 6.33. The third kappa shape index (κ3) is 8.56. The molecular weight excluding hydrogens is 721 g/mol. The van der Waals surface area contributed by atoms with Crippen LogP contribution in [0.2, 0.25) is 0 Å². The SMILES string of the molecule is COc1c2cc(C(C)(C)C)cc1Sc1cc(C(C)(C)C)cc(c1OC)Sc1cc(C(C)(C)C)cc(c1OC)Sc1cc(C(C)(C)C)cc(c1OC)S2. The predicted octanol–water partition coefficient (Wildman–Crippen LogP) is 13.8. The predicted molar refractivity (Wildman–Crippen MR) is 223 cm³/mol. The minimum atomic E-state index is -0.0987. The number of ether oxygens (including phenoxy) is 4. The van der Waals surface area contributed by atoms with Gasteiger partial charge in [-0.05, 0) is 92.4 Å². The zero-order valence-corrected chi connectivity index (χ0v) is 37.2. The van der Waals surface area contributed by atoms with Gasteiger partial charge in [-0.2, -0.15) is 0 Å². The molecule has 0 aromatic heterocycles. The Morgan fingerprint density at radius 3 is 0.519 bits per heavy atom. The van der Waals surface area contributed by atoms with Gasteiger partial charge in [0.05, 0.1) is 67.6 Å². The number of hydrogen-bond acceptors (Lipinski definition) is 8. The van der Waals surface area contributed by atoms with Crippen molar-refractivity contribution in [3.05, 3.63) is 70.8 Å². The second-order valence-electron chi connectivity index (χ2n) is 17.4. The fourth-order valence-corrected chi connectivity index (χ4v) is 10.9. The first-order valence-corrected chi connectivity index (χ1v) is 21.0. The maximum Gasteiger partial charge on any atom is 0.146 e. The van der Waals surface area contributed by atoms with Gasteiger partial charge in [0.2, 0.25) is 0 Å². The Labute approximate surface area is 330 Å². The van der Waals surface area contributed by atoms with Gasteiger partial charge in [0.1, 0.15) is 23.0 Å². The Morgan fingerprint density at radius 2 is 0.423 bits per heavy atom. The number of rotatable bonds is 4. The van der Waals surface area contributed by atoms with E-state index in [1.165, 1.54) is 22.3 Å². The lowest BCUT2D eigenvalue weighted by atomic mass is 9.87. The zero-order valence-electron chi connectivity index (χ0n) is 33.9. The smallest absolute Gasteiger partial charge is 0.146 e. The van der Waals surface area contributed by atoms with Crippen molar-refractivity contribution >= 4 is 47.0 Å². The second-order valence-corrected chi connectivity index (χ2v) is 21.8. The Bertz CT molecular complexity index is 1590. The average molecular weight is 777 g/mol. The monoisotopic (exact) mass is 776 g/mol. The minimum Gasteiger partial charge on any atom is -0.494 e. The fourth-order valence-electron chi connectivity index (χ4n) is 5.92. The molecule has 280 valence electrons. The van der Waals surface area contributed by atoms with Crippen molar-refractivity contribution in [2.75, 3.05) is 28.4 Å². The van der Waals surface area contributed by atoms with E-state index >= 15 is 0 Å². The topological polar surface area (TPSA) is 36.9 Å². The summed E-state index contributed by atoms with van der Waals surface area (Å²) in [4.78, 5) is 8.33. The van der Waals surface area contributed by atoms with Crippen molar-refractivity contribution in [1.82, 2.24) is 0 Å². The molecule has 1 aliphatic rings. The standard InChI is InChI=1S/C44H56O4S4/c1-41(2,3)25-17-29-37(45-13)30(18-25)50-32-20-27(43(7,8)9)22-34(39(32)47-15)52-36-24-28(44(10,11)12)23-35(40(36)48-16)51-33-21-26(42(4,5)6)19-31(49-29)38(33)46-14/h17-24H,1-16H3. The first-order valence-electron chi connectivity index (χ1n) is 17.7. The van der Waals surface area contributed by atoms with Crippen LogP contribution in [0.4, 0.5) is 0 Å². The van der Waals surface area contributed by atoms with E-state index in [4.69, 9.17) is 18.9 Å². The zero-order chi connectivity index (χ0) is 38.6. The highest BCUT2D eigenvalue weighted by Crippen LogP contribution is 2.56. The van der Waals surface area contributed by atoms with Gasteiger partial charge < -0.3 is 18.9 Å². The van der Waals surface area contributed by atoms with Crippen LogP contribution in [0.25, 0.3) is 0 Å². The Kier molecular flexibility index (Phi) is 11.7. The molecule has 4 aromatic carbocycles. The summed E-state index contributed by atoms with van der Waals surface area (Å²) in [5.74, 6) is 3.36. The summed E-state index contributed by atoms with van der Waals surface area (Å²) in [6.07, 6.45) is 0. The fraction of sp³-hybridized carbons (Fsp3) is 0.455. The molecule has 52 heavy (non-hydrogen) atoms. The van der Waals surface area contributed by atoms with Crippen LogP contribution in [0.5, 0.6) is 23.0 Å². The lowest BCUT2D eigenvalue weighted by molar-refractivity contribution is 0.388. The van der Waals surface area contributed by atoms with E-state index in [-0.39, 0.29) is 21.7 Å². The van der Waals surface area contributed by atoms with Gasteiger partial charge in [-0.3, -0.25) is 0 Å². The lowest BCUT2D eigenvalue weighted by Gasteiger charge is -2.27. The summed E-state index contributed by atoms with van der Waals surface area (Å²) in [5.41, 5.74) is 4.53. The first kappa shape index (κ1) is 40.7. The Balaban J connectivity index is 1.97. The van der Waals surface area contributed by atoms with Crippen molar-refractivity contribution in [1.29, 1.82) is 0 Å².